The summed E-state index contributed by atoms with van der Waals surface area (Å²) in [5.74, 6) is 0.834. The van der Waals surface area contributed by atoms with Gasteiger partial charge in [-0.05, 0) is 17.2 Å². The summed E-state index contributed by atoms with van der Waals surface area (Å²) < 4.78 is 21.2. The second-order valence-corrected chi connectivity index (χ2v) is 6.38. The van der Waals surface area contributed by atoms with Crippen molar-refractivity contribution in [2.45, 2.75) is 6.54 Å². The number of nitrogens with one attached hydrogen (secondary N) is 1. The summed E-state index contributed by atoms with van der Waals surface area (Å²) in [6.45, 7) is 0.420. The number of aromatic amines is 1. The number of imidazole rings is 1. The lowest BCUT2D eigenvalue weighted by molar-refractivity contribution is -0.746. The Morgan fingerprint density at radius 3 is 2.71 bits per heavy atom. The number of fused-ring (bicyclic) bond motifs is 1. The lowest BCUT2D eigenvalue weighted by Gasteiger charge is -1.96. The fourth-order valence-electron chi connectivity index (χ4n) is 3.07. The van der Waals surface area contributed by atoms with Crippen molar-refractivity contribution in [1.82, 2.24) is 20.2 Å². The molecule has 0 radical (unpaired) electrons. The molecule has 6 nitrogen and oxygen atoms in total. The first-order valence-corrected chi connectivity index (χ1v) is 8.78. The van der Waals surface area contributed by atoms with Gasteiger partial charge < -0.3 is 9.51 Å². The van der Waals surface area contributed by atoms with Crippen LogP contribution in [0.5, 0.6) is 0 Å². The van der Waals surface area contributed by atoms with Gasteiger partial charge in [-0.2, -0.15) is 0 Å². The molecular formula is C21H15FN5O+. The smallest absolute Gasteiger partial charge is 0.234 e. The van der Waals surface area contributed by atoms with Gasteiger partial charge in [0.2, 0.25) is 18.5 Å². The highest BCUT2D eigenvalue weighted by atomic mass is 19.1. The summed E-state index contributed by atoms with van der Waals surface area (Å²) in [5.41, 5.74) is 3.62. The summed E-state index contributed by atoms with van der Waals surface area (Å²) in [6.07, 6.45) is 3.46. The zero-order valence-corrected chi connectivity index (χ0v) is 14.7. The van der Waals surface area contributed by atoms with Crippen LogP contribution in [0, 0.1) is 5.82 Å². The monoisotopic (exact) mass is 372 g/mol. The molecule has 0 unspecified atom stereocenters. The Bertz CT molecular complexity index is 1260. The molecule has 28 heavy (non-hydrogen) atoms. The van der Waals surface area contributed by atoms with Crippen LogP contribution in [0.15, 0.2) is 77.6 Å². The maximum Gasteiger partial charge on any atom is 0.234 e. The standard InChI is InChI=1S/C21H14FN5O/c22-17-9-5-4-8-16(17)21-24-19-11-23-27(13-20(19)25-21)12-15-10-18(26-28-15)14-6-2-1-3-7-14/h1-11,13H,12H2/p+1. The van der Waals surface area contributed by atoms with Gasteiger partial charge >= 0.3 is 0 Å². The van der Waals surface area contributed by atoms with E-state index in [9.17, 15) is 4.39 Å². The third-order valence-corrected chi connectivity index (χ3v) is 4.44. The van der Waals surface area contributed by atoms with E-state index >= 15 is 0 Å². The molecule has 7 heteroatoms. The van der Waals surface area contributed by atoms with Crippen LogP contribution in [0.3, 0.4) is 0 Å². The van der Waals surface area contributed by atoms with Gasteiger partial charge in [0.1, 0.15) is 34.6 Å². The van der Waals surface area contributed by atoms with Crippen LogP contribution >= 0.6 is 0 Å². The quantitative estimate of drug-likeness (QED) is 0.488. The van der Waals surface area contributed by atoms with E-state index in [-0.39, 0.29) is 5.82 Å². The molecule has 5 rings (SSSR count). The fraction of sp³-hybridized carbons (Fsp3) is 0.0476. The highest BCUT2D eigenvalue weighted by Gasteiger charge is 2.16. The Balaban J connectivity index is 1.43. The van der Waals surface area contributed by atoms with Crippen LogP contribution < -0.4 is 4.68 Å². The van der Waals surface area contributed by atoms with Crippen molar-refractivity contribution < 1.29 is 13.6 Å². The van der Waals surface area contributed by atoms with Gasteiger partial charge in [-0.3, -0.25) is 0 Å². The molecule has 2 aromatic carbocycles. The van der Waals surface area contributed by atoms with E-state index in [4.69, 9.17) is 4.52 Å². The van der Waals surface area contributed by atoms with Crippen LogP contribution in [-0.4, -0.2) is 20.2 Å². The topological polar surface area (TPSA) is 71.5 Å². The zero-order valence-electron chi connectivity index (χ0n) is 14.7. The van der Waals surface area contributed by atoms with Crippen molar-refractivity contribution in [2.75, 3.05) is 0 Å². The van der Waals surface area contributed by atoms with Crippen LogP contribution in [-0.2, 0) is 6.54 Å². The third kappa shape index (κ3) is 3.03. The summed E-state index contributed by atoms with van der Waals surface area (Å²) in [5, 5.41) is 8.49. The molecule has 0 spiro atoms. The Hall–Kier alpha value is -3.87. The molecule has 3 aromatic heterocycles. The van der Waals surface area contributed by atoms with Crippen LogP contribution in [0.4, 0.5) is 4.39 Å². The second-order valence-electron chi connectivity index (χ2n) is 6.38. The van der Waals surface area contributed by atoms with Crippen molar-refractivity contribution in [2.24, 2.45) is 0 Å². The van der Waals surface area contributed by atoms with E-state index in [2.05, 4.69) is 20.2 Å². The molecule has 1 N–H and O–H groups in total. The average Bonchev–Trinajstić information content (AvgIpc) is 3.36. The van der Waals surface area contributed by atoms with Crippen molar-refractivity contribution in [3.63, 3.8) is 0 Å². The number of aromatic nitrogens is 5. The molecule has 0 aliphatic carbocycles. The molecule has 0 saturated carbocycles. The molecule has 136 valence electrons. The molecule has 0 saturated heterocycles. The normalized spacial score (nSPS) is 11.2. The molecular weight excluding hydrogens is 357 g/mol. The summed E-state index contributed by atoms with van der Waals surface area (Å²) in [4.78, 5) is 7.58. The average molecular weight is 372 g/mol. The van der Waals surface area contributed by atoms with Crippen LogP contribution in [0.2, 0.25) is 0 Å². The minimum atomic E-state index is -0.322. The predicted octanol–water partition coefficient (Wildman–Crippen LogP) is 3.75. The van der Waals surface area contributed by atoms with E-state index in [1.54, 1.807) is 29.1 Å². The molecule has 0 aliphatic heterocycles. The number of halogens is 1. The van der Waals surface area contributed by atoms with E-state index in [1.807, 2.05) is 42.6 Å². The van der Waals surface area contributed by atoms with Crippen LogP contribution in [0.25, 0.3) is 33.7 Å². The number of benzene rings is 2. The zero-order chi connectivity index (χ0) is 18.9. The van der Waals surface area contributed by atoms with Gasteiger partial charge in [0.05, 0.1) is 5.56 Å². The van der Waals surface area contributed by atoms with Crippen molar-refractivity contribution in [3.05, 3.63) is 84.6 Å². The lowest BCUT2D eigenvalue weighted by Crippen LogP contribution is -2.37. The third-order valence-electron chi connectivity index (χ3n) is 4.44. The Morgan fingerprint density at radius 2 is 1.86 bits per heavy atom. The van der Waals surface area contributed by atoms with Crippen molar-refractivity contribution in [3.8, 4) is 22.6 Å². The van der Waals surface area contributed by atoms with Gasteiger partial charge in [-0.25, -0.2) is 9.37 Å². The van der Waals surface area contributed by atoms with Gasteiger partial charge in [-0.1, -0.05) is 52.3 Å². The van der Waals surface area contributed by atoms with Gasteiger partial charge in [0, 0.05) is 11.6 Å². The number of nitrogens with zero attached hydrogens (tertiary/aromatic N) is 4. The maximum atomic E-state index is 14.0. The van der Waals surface area contributed by atoms with E-state index in [0.717, 1.165) is 16.8 Å². The lowest BCUT2D eigenvalue weighted by atomic mass is 10.1. The first-order chi connectivity index (χ1) is 13.8. The molecule has 3 heterocycles. The summed E-state index contributed by atoms with van der Waals surface area (Å²) >= 11 is 0. The second kappa shape index (κ2) is 6.70. The van der Waals surface area contributed by atoms with Gasteiger partial charge in [-0.15, -0.1) is 0 Å². The number of rotatable bonds is 4. The summed E-state index contributed by atoms with van der Waals surface area (Å²) in [6, 6.07) is 18.3. The molecule has 0 atom stereocenters. The minimum Gasteiger partial charge on any atom is -0.354 e. The van der Waals surface area contributed by atoms with Gasteiger partial charge in [0.25, 0.3) is 0 Å². The van der Waals surface area contributed by atoms with Crippen molar-refractivity contribution in [1.29, 1.82) is 0 Å². The van der Waals surface area contributed by atoms with E-state index in [1.165, 1.54) is 6.07 Å². The number of hydrogen-bond acceptors (Lipinski definition) is 4. The Kier molecular flexibility index (Phi) is 3.90. The number of hydrogen-bond donors (Lipinski definition) is 1. The highest BCUT2D eigenvalue weighted by molar-refractivity contribution is 5.77. The minimum absolute atomic E-state index is 0.322. The Morgan fingerprint density at radius 1 is 1.04 bits per heavy atom. The first kappa shape index (κ1) is 16.3. The largest absolute Gasteiger partial charge is 0.354 e. The van der Waals surface area contributed by atoms with E-state index in [0.29, 0.717) is 29.2 Å². The molecule has 0 aliphatic rings. The summed E-state index contributed by atoms with van der Waals surface area (Å²) in [7, 11) is 0. The van der Waals surface area contributed by atoms with Crippen molar-refractivity contribution >= 4 is 11.0 Å². The maximum absolute atomic E-state index is 14.0. The first-order valence-electron chi connectivity index (χ1n) is 8.78. The number of H-pyrrole nitrogens is 1. The Labute approximate surface area is 159 Å². The fourth-order valence-corrected chi connectivity index (χ4v) is 3.07. The molecule has 0 fully saturated rings. The van der Waals surface area contributed by atoms with Gasteiger partial charge in [0.15, 0.2) is 0 Å². The van der Waals surface area contributed by atoms with E-state index < -0.39 is 0 Å². The predicted molar refractivity (Wildman–Crippen MR) is 101 cm³/mol. The SMILES string of the molecule is Fc1ccccc1-c1nc2cn[n+](Cc3cc(-c4ccccc4)no3)cc2[nH]1. The molecule has 5 aromatic rings. The molecule has 0 amide bonds. The highest BCUT2D eigenvalue weighted by Crippen LogP contribution is 2.22. The molecule has 0 bridgehead atoms. The van der Waals surface area contributed by atoms with Crippen LogP contribution in [0.1, 0.15) is 5.76 Å².